The second kappa shape index (κ2) is 5.36. The minimum Gasteiger partial charge on any atom is -0.366 e. The number of hydrazine groups is 1. The van der Waals surface area contributed by atoms with E-state index in [0.717, 1.165) is 17.1 Å². The lowest BCUT2D eigenvalue weighted by Crippen LogP contribution is -2.27. The third-order valence-corrected chi connectivity index (χ3v) is 3.94. The summed E-state index contributed by atoms with van der Waals surface area (Å²) in [5, 5.41) is 3.46. The number of hydrogen-bond acceptors (Lipinski definition) is 6. The van der Waals surface area contributed by atoms with E-state index in [1.54, 1.807) is 0 Å². The Balaban J connectivity index is 2.08. The van der Waals surface area contributed by atoms with Crippen LogP contribution in [0.2, 0.25) is 0 Å². The van der Waals surface area contributed by atoms with Crippen LogP contribution in [-0.2, 0) is 0 Å². The molecular weight excluding hydrogens is 222 g/mol. The second-order valence-corrected chi connectivity index (χ2v) is 5.05. The summed E-state index contributed by atoms with van der Waals surface area (Å²) in [4.78, 5) is 8.31. The Morgan fingerprint density at radius 1 is 1.44 bits per heavy atom. The van der Waals surface area contributed by atoms with E-state index in [1.165, 1.54) is 24.9 Å². The molecule has 1 aliphatic rings. The normalized spacial score (nSPS) is 20.5. The lowest BCUT2D eigenvalue weighted by atomic mass is 10.2. The molecule has 0 bridgehead atoms. The molecule has 16 heavy (non-hydrogen) atoms. The number of anilines is 2. The molecule has 2 heterocycles. The van der Waals surface area contributed by atoms with Gasteiger partial charge in [-0.2, -0.15) is 11.8 Å². The van der Waals surface area contributed by atoms with E-state index in [2.05, 4.69) is 20.7 Å². The maximum Gasteiger partial charge on any atom is 0.148 e. The molecule has 0 aromatic carbocycles. The van der Waals surface area contributed by atoms with Crippen molar-refractivity contribution < 1.29 is 0 Å². The largest absolute Gasteiger partial charge is 0.366 e. The molecule has 6 heteroatoms. The van der Waals surface area contributed by atoms with Crippen molar-refractivity contribution in [3.63, 3.8) is 0 Å². The summed E-state index contributed by atoms with van der Waals surface area (Å²) in [6, 6.07) is 0.512. The fourth-order valence-corrected chi connectivity index (χ4v) is 2.86. The van der Waals surface area contributed by atoms with Crippen molar-refractivity contribution in [1.29, 1.82) is 0 Å². The van der Waals surface area contributed by atoms with Crippen LogP contribution < -0.4 is 16.6 Å². The minimum absolute atomic E-state index is 0.512. The van der Waals surface area contributed by atoms with E-state index in [1.807, 2.05) is 18.7 Å². The molecule has 0 radical (unpaired) electrons. The average molecular weight is 239 g/mol. The molecule has 0 spiro atoms. The monoisotopic (exact) mass is 239 g/mol. The molecule has 0 amide bonds. The van der Waals surface area contributed by atoms with Crippen LogP contribution in [0.15, 0.2) is 6.33 Å². The van der Waals surface area contributed by atoms with Gasteiger partial charge in [-0.15, -0.1) is 0 Å². The van der Waals surface area contributed by atoms with Crippen molar-refractivity contribution in [2.45, 2.75) is 25.8 Å². The van der Waals surface area contributed by atoms with E-state index in [-0.39, 0.29) is 0 Å². The minimum atomic E-state index is 0.512. The van der Waals surface area contributed by atoms with Crippen molar-refractivity contribution in [1.82, 2.24) is 9.97 Å². The summed E-state index contributed by atoms with van der Waals surface area (Å²) in [5.74, 6) is 9.37. The lowest BCUT2D eigenvalue weighted by molar-refractivity contribution is 0.681. The average Bonchev–Trinajstić information content (AvgIpc) is 2.33. The number of thioether (sulfide) groups is 1. The molecule has 2 rings (SSSR count). The zero-order valence-electron chi connectivity index (χ0n) is 9.36. The van der Waals surface area contributed by atoms with Gasteiger partial charge in [-0.05, 0) is 25.5 Å². The highest BCUT2D eigenvalue weighted by atomic mass is 32.2. The summed E-state index contributed by atoms with van der Waals surface area (Å²) >= 11 is 1.99. The SMILES string of the molecule is Cc1c(NN)ncnc1NC1CCCSC1. The fourth-order valence-electron chi connectivity index (χ4n) is 1.79. The van der Waals surface area contributed by atoms with Crippen molar-refractivity contribution in [3.05, 3.63) is 11.9 Å². The molecule has 88 valence electrons. The number of rotatable bonds is 3. The van der Waals surface area contributed by atoms with E-state index in [0.29, 0.717) is 11.9 Å². The smallest absolute Gasteiger partial charge is 0.148 e. The van der Waals surface area contributed by atoms with Crippen molar-refractivity contribution in [2.24, 2.45) is 5.84 Å². The Morgan fingerprint density at radius 3 is 2.94 bits per heavy atom. The van der Waals surface area contributed by atoms with Crippen LogP contribution in [0.5, 0.6) is 0 Å². The predicted octanol–water partition coefficient (Wildman–Crippen LogP) is 1.38. The first-order chi connectivity index (χ1) is 7.81. The predicted molar refractivity (Wildman–Crippen MR) is 68.5 cm³/mol. The molecule has 1 saturated heterocycles. The number of nitrogen functional groups attached to an aromatic ring is 1. The van der Waals surface area contributed by atoms with Crippen molar-refractivity contribution in [2.75, 3.05) is 22.2 Å². The Hall–Kier alpha value is -1.01. The first-order valence-electron chi connectivity index (χ1n) is 5.43. The number of nitrogens with zero attached hydrogens (tertiary/aromatic N) is 2. The van der Waals surface area contributed by atoms with Crippen molar-refractivity contribution in [3.8, 4) is 0 Å². The first-order valence-corrected chi connectivity index (χ1v) is 6.59. The zero-order chi connectivity index (χ0) is 11.4. The zero-order valence-corrected chi connectivity index (χ0v) is 10.2. The highest BCUT2D eigenvalue weighted by Gasteiger charge is 2.15. The topological polar surface area (TPSA) is 75.9 Å². The molecule has 1 aliphatic heterocycles. The molecule has 1 aromatic heterocycles. The Bertz CT molecular complexity index is 351. The third kappa shape index (κ3) is 2.56. The second-order valence-electron chi connectivity index (χ2n) is 3.90. The fraction of sp³-hybridized carbons (Fsp3) is 0.600. The molecule has 4 N–H and O–H groups in total. The van der Waals surface area contributed by atoms with Crippen LogP contribution >= 0.6 is 11.8 Å². The maximum atomic E-state index is 5.38. The number of aromatic nitrogens is 2. The Kier molecular flexibility index (Phi) is 3.84. The van der Waals surface area contributed by atoms with E-state index in [9.17, 15) is 0 Å². The van der Waals surface area contributed by atoms with E-state index in [4.69, 9.17) is 5.84 Å². The van der Waals surface area contributed by atoms with Crippen LogP contribution in [0, 0.1) is 6.92 Å². The van der Waals surface area contributed by atoms with Gasteiger partial charge in [0.25, 0.3) is 0 Å². The van der Waals surface area contributed by atoms with Crippen LogP contribution in [0.3, 0.4) is 0 Å². The number of nitrogens with two attached hydrogens (primary N) is 1. The van der Waals surface area contributed by atoms with Gasteiger partial charge in [-0.3, -0.25) is 0 Å². The van der Waals surface area contributed by atoms with Gasteiger partial charge in [-0.25, -0.2) is 15.8 Å². The standard InChI is InChI=1S/C10H17N5S/c1-7-9(12-6-13-10(7)15-11)14-8-3-2-4-16-5-8/h6,8H,2-5,11H2,1H3,(H2,12,13,14,15). The molecule has 1 fully saturated rings. The van der Waals surface area contributed by atoms with Gasteiger partial charge in [0.15, 0.2) is 0 Å². The van der Waals surface area contributed by atoms with Crippen LogP contribution in [0.1, 0.15) is 18.4 Å². The van der Waals surface area contributed by atoms with Gasteiger partial charge in [-0.1, -0.05) is 0 Å². The van der Waals surface area contributed by atoms with E-state index >= 15 is 0 Å². The summed E-state index contributed by atoms with van der Waals surface area (Å²) in [5.41, 5.74) is 3.55. The third-order valence-electron chi connectivity index (χ3n) is 2.72. The summed E-state index contributed by atoms with van der Waals surface area (Å²) in [7, 11) is 0. The molecule has 1 atom stereocenters. The van der Waals surface area contributed by atoms with Gasteiger partial charge in [0.2, 0.25) is 0 Å². The van der Waals surface area contributed by atoms with Crippen LogP contribution in [0.25, 0.3) is 0 Å². The van der Waals surface area contributed by atoms with Gasteiger partial charge in [0.1, 0.15) is 18.0 Å². The summed E-state index contributed by atoms with van der Waals surface area (Å²) in [6.07, 6.45) is 4.01. The molecule has 0 aliphatic carbocycles. The van der Waals surface area contributed by atoms with Crippen molar-refractivity contribution >= 4 is 23.4 Å². The Labute approximate surface area is 99.6 Å². The number of hydrogen-bond donors (Lipinski definition) is 3. The molecule has 1 aromatic rings. The molecular formula is C10H17N5S. The highest BCUT2D eigenvalue weighted by molar-refractivity contribution is 7.99. The first kappa shape index (κ1) is 11.5. The molecule has 5 nitrogen and oxygen atoms in total. The van der Waals surface area contributed by atoms with Gasteiger partial charge in [0.05, 0.1) is 0 Å². The van der Waals surface area contributed by atoms with Gasteiger partial charge in [0, 0.05) is 17.4 Å². The quantitative estimate of drug-likeness (QED) is 0.546. The molecule has 1 unspecified atom stereocenters. The van der Waals surface area contributed by atoms with Crippen LogP contribution in [0.4, 0.5) is 11.6 Å². The maximum absolute atomic E-state index is 5.38. The van der Waals surface area contributed by atoms with E-state index < -0.39 is 0 Å². The highest BCUT2D eigenvalue weighted by Crippen LogP contribution is 2.23. The summed E-state index contributed by atoms with van der Waals surface area (Å²) < 4.78 is 0. The number of nitrogens with one attached hydrogen (secondary N) is 2. The van der Waals surface area contributed by atoms with Gasteiger partial charge < -0.3 is 10.7 Å². The Morgan fingerprint density at radius 2 is 2.25 bits per heavy atom. The summed E-state index contributed by atoms with van der Waals surface area (Å²) in [6.45, 7) is 1.97. The van der Waals surface area contributed by atoms with Crippen LogP contribution in [-0.4, -0.2) is 27.5 Å². The lowest BCUT2D eigenvalue weighted by Gasteiger charge is -2.23. The molecule has 0 saturated carbocycles. The van der Waals surface area contributed by atoms with Gasteiger partial charge >= 0.3 is 0 Å².